The number of carbonyl (C=O) groups excluding carboxylic acids is 2. The van der Waals surface area contributed by atoms with Crippen LogP contribution in [0.15, 0.2) is 48.6 Å². The van der Waals surface area contributed by atoms with Crippen LogP contribution in [-0.2, 0) is 14.3 Å². The van der Waals surface area contributed by atoms with Crippen molar-refractivity contribution in [2.75, 3.05) is 6.61 Å². The molecule has 374 valence electrons. The number of hydrogen-bond acceptors (Lipinski definition) is 5. The number of unbranched alkanes of at least 4 members (excludes halogenated alkanes) is 30. The number of esters is 1. The van der Waals surface area contributed by atoms with E-state index in [4.69, 9.17) is 4.74 Å². The predicted molar refractivity (Wildman–Crippen MR) is 278 cm³/mol. The fourth-order valence-corrected chi connectivity index (χ4v) is 8.36. The average Bonchev–Trinajstić information content (AvgIpc) is 3.29. The molecule has 0 heterocycles. The van der Waals surface area contributed by atoms with Gasteiger partial charge in [-0.05, 0) is 83.5 Å². The van der Waals surface area contributed by atoms with Gasteiger partial charge in [-0.25, -0.2) is 0 Å². The molecule has 0 fully saturated rings. The van der Waals surface area contributed by atoms with Crippen LogP contribution in [0.2, 0.25) is 0 Å². The molecule has 6 nitrogen and oxygen atoms in total. The quantitative estimate of drug-likeness (QED) is 0.0321. The van der Waals surface area contributed by atoms with Gasteiger partial charge in [-0.1, -0.05) is 236 Å². The molecule has 6 heteroatoms. The fourth-order valence-electron chi connectivity index (χ4n) is 8.36. The van der Waals surface area contributed by atoms with Crippen molar-refractivity contribution < 1.29 is 24.5 Å². The summed E-state index contributed by atoms with van der Waals surface area (Å²) in [4.78, 5) is 26.1. The van der Waals surface area contributed by atoms with Crippen LogP contribution in [0, 0.1) is 0 Å². The standard InChI is InChI=1S/C58H107NO5/c1-4-7-10-13-16-19-21-23-25-27-28-30-32-34-36-39-42-45-48-51-58(63)64-54(49-46-43-40-37-18-15-12-9-6-3)52-57(62)59-55(53-60)56(61)50-47-44-41-38-35-33-31-29-26-24-22-20-17-14-11-8-5-2/h15-16,18-19,23,25,28,30,54-56,60-61H,4-14,17,20-22,24,26-27,29,31-53H2,1-3H3,(H,59,62)/b18-15-,19-16-,25-23-,30-28-. The van der Waals surface area contributed by atoms with Gasteiger partial charge in [0.05, 0.1) is 25.2 Å². The van der Waals surface area contributed by atoms with E-state index in [0.717, 1.165) is 89.9 Å². The topological polar surface area (TPSA) is 95.9 Å². The lowest BCUT2D eigenvalue weighted by Crippen LogP contribution is -2.46. The molecule has 0 aromatic heterocycles. The molecule has 0 aliphatic rings. The predicted octanol–water partition coefficient (Wildman–Crippen LogP) is 17.0. The molecule has 0 saturated heterocycles. The van der Waals surface area contributed by atoms with Crippen molar-refractivity contribution in [2.24, 2.45) is 0 Å². The molecule has 0 aromatic carbocycles. The van der Waals surface area contributed by atoms with Crippen LogP contribution in [0.1, 0.15) is 284 Å². The maximum atomic E-state index is 13.2. The summed E-state index contributed by atoms with van der Waals surface area (Å²) in [5.74, 6) is -0.499. The molecule has 3 unspecified atom stereocenters. The van der Waals surface area contributed by atoms with Crippen molar-refractivity contribution in [1.82, 2.24) is 5.32 Å². The fraction of sp³-hybridized carbons (Fsp3) is 0.828. The Kier molecular flexibility index (Phi) is 50.0. The van der Waals surface area contributed by atoms with Crippen molar-refractivity contribution >= 4 is 11.9 Å². The van der Waals surface area contributed by atoms with Crippen LogP contribution in [0.3, 0.4) is 0 Å². The number of allylic oxidation sites excluding steroid dienone is 8. The van der Waals surface area contributed by atoms with E-state index < -0.39 is 18.2 Å². The molecule has 3 atom stereocenters. The second-order valence-electron chi connectivity index (χ2n) is 19.0. The molecule has 0 aliphatic heterocycles. The minimum absolute atomic E-state index is 0.0618. The van der Waals surface area contributed by atoms with Gasteiger partial charge in [0.1, 0.15) is 6.10 Å². The van der Waals surface area contributed by atoms with Crippen LogP contribution in [-0.4, -0.2) is 46.9 Å². The number of amides is 1. The molecular weight excluding hydrogens is 791 g/mol. The lowest BCUT2D eigenvalue weighted by Gasteiger charge is -2.24. The van der Waals surface area contributed by atoms with E-state index in [1.165, 1.54) is 148 Å². The molecule has 0 rings (SSSR count). The summed E-state index contributed by atoms with van der Waals surface area (Å²) in [5.41, 5.74) is 0. The number of aliphatic hydroxyl groups excluding tert-OH is 2. The first kappa shape index (κ1) is 61.8. The van der Waals surface area contributed by atoms with Gasteiger partial charge in [0.2, 0.25) is 5.91 Å². The highest BCUT2D eigenvalue weighted by Gasteiger charge is 2.24. The van der Waals surface area contributed by atoms with Crippen LogP contribution in [0.25, 0.3) is 0 Å². The summed E-state index contributed by atoms with van der Waals surface area (Å²) >= 11 is 0. The van der Waals surface area contributed by atoms with E-state index in [1.807, 2.05) is 0 Å². The molecule has 0 spiro atoms. The van der Waals surface area contributed by atoms with Crippen molar-refractivity contribution in [3.63, 3.8) is 0 Å². The Balaban J connectivity index is 4.41. The molecule has 0 radical (unpaired) electrons. The Bertz CT molecular complexity index is 1100. The second kappa shape index (κ2) is 51.8. The Hall–Kier alpha value is -2.18. The SMILES string of the molecule is CCCC/C=C\CCCCCC(CC(=O)NC(CO)C(O)CCCCCCCCCCCCCCCCCCC)OC(=O)CCCCCCCC/C=C\C/C=C\C/C=C\CCCCC. The minimum Gasteiger partial charge on any atom is -0.462 e. The number of rotatable bonds is 50. The first-order valence-electron chi connectivity index (χ1n) is 27.9. The Morgan fingerprint density at radius 2 is 0.812 bits per heavy atom. The molecule has 0 saturated carbocycles. The monoisotopic (exact) mass is 898 g/mol. The number of nitrogens with one attached hydrogen (secondary N) is 1. The van der Waals surface area contributed by atoms with Crippen LogP contribution in [0.5, 0.6) is 0 Å². The summed E-state index contributed by atoms with van der Waals surface area (Å²) in [6, 6.07) is -0.708. The second-order valence-corrected chi connectivity index (χ2v) is 19.0. The number of carbonyl (C=O) groups is 2. The van der Waals surface area contributed by atoms with Crippen molar-refractivity contribution in [1.29, 1.82) is 0 Å². The van der Waals surface area contributed by atoms with Gasteiger partial charge in [0, 0.05) is 6.42 Å². The zero-order chi connectivity index (χ0) is 46.7. The highest BCUT2D eigenvalue weighted by atomic mass is 16.5. The average molecular weight is 898 g/mol. The summed E-state index contributed by atoms with van der Waals surface area (Å²) in [7, 11) is 0. The largest absolute Gasteiger partial charge is 0.462 e. The van der Waals surface area contributed by atoms with Crippen LogP contribution < -0.4 is 5.32 Å². The third-order valence-electron chi connectivity index (χ3n) is 12.6. The van der Waals surface area contributed by atoms with E-state index in [0.29, 0.717) is 19.3 Å². The summed E-state index contributed by atoms with van der Waals surface area (Å²) in [6.45, 7) is 6.43. The smallest absolute Gasteiger partial charge is 0.306 e. The highest BCUT2D eigenvalue weighted by Crippen LogP contribution is 2.18. The zero-order valence-corrected chi connectivity index (χ0v) is 42.7. The molecule has 1 amide bonds. The zero-order valence-electron chi connectivity index (χ0n) is 42.7. The van der Waals surface area contributed by atoms with Gasteiger partial charge < -0.3 is 20.3 Å². The Labute approximate surface area is 397 Å². The van der Waals surface area contributed by atoms with Gasteiger partial charge in [-0.15, -0.1) is 0 Å². The lowest BCUT2D eigenvalue weighted by molar-refractivity contribution is -0.151. The van der Waals surface area contributed by atoms with E-state index >= 15 is 0 Å². The molecule has 0 bridgehead atoms. The normalized spacial score (nSPS) is 13.5. The molecular formula is C58H107NO5. The molecule has 0 aliphatic carbocycles. The number of aliphatic hydroxyl groups is 2. The summed E-state index contributed by atoms with van der Waals surface area (Å²) < 4.78 is 5.92. The molecule has 0 aromatic rings. The van der Waals surface area contributed by atoms with Gasteiger partial charge in [-0.2, -0.15) is 0 Å². The van der Waals surface area contributed by atoms with Gasteiger partial charge in [0.15, 0.2) is 0 Å². The van der Waals surface area contributed by atoms with Crippen molar-refractivity contribution in [3.8, 4) is 0 Å². The van der Waals surface area contributed by atoms with E-state index in [1.54, 1.807) is 0 Å². The van der Waals surface area contributed by atoms with E-state index in [-0.39, 0.29) is 24.9 Å². The molecule has 64 heavy (non-hydrogen) atoms. The molecule has 3 N–H and O–H groups in total. The van der Waals surface area contributed by atoms with Gasteiger partial charge in [0.25, 0.3) is 0 Å². The van der Waals surface area contributed by atoms with Crippen molar-refractivity contribution in [3.05, 3.63) is 48.6 Å². The third kappa shape index (κ3) is 46.4. The van der Waals surface area contributed by atoms with Gasteiger partial charge >= 0.3 is 5.97 Å². The summed E-state index contributed by atoms with van der Waals surface area (Å²) in [5, 5.41) is 23.8. The minimum atomic E-state index is -0.794. The van der Waals surface area contributed by atoms with Gasteiger partial charge in [-0.3, -0.25) is 9.59 Å². The number of hydrogen-bond donors (Lipinski definition) is 3. The van der Waals surface area contributed by atoms with Crippen LogP contribution in [0.4, 0.5) is 0 Å². The maximum absolute atomic E-state index is 13.2. The highest BCUT2D eigenvalue weighted by molar-refractivity contribution is 5.77. The maximum Gasteiger partial charge on any atom is 0.306 e. The number of ether oxygens (including phenoxy) is 1. The Morgan fingerprint density at radius 1 is 0.453 bits per heavy atom. The Morgan fingerprint density at radius 3 is 1.31 bits per heavy atom. The van der Waals surface area contributed by atoms with Crippen molar-refractivity contribution in [2.45, 2.75) is 302 Å². The lowest BCUT2D eigenvalue weighted by atomic mass is 10.0. The first-order valence-corrected chi connectivity index (χ1v) is 27.9. The third-order valence-corrected chi connectivity index (χ3v) is 12.6. The summed E-state index contributed by atoms with van der Waals surface area (Å²) in [6.07, 6.45) is 63.2. The van der Waals surface area contributed by atoms with E-state index in [9.17, 15) is 19.8 Å². The van der Waals surface area contributed by atoms with E-state index in [2.05, 4.69) is 74.7 Å². The van der Waals surface area contributed by atoms with Crippen LogP contribution >= 0.6 is 0 Å². The first-order chi connectivity index (χ1) is 31.5.